The van der Waals surface area contributed by atoms with Gasteiger partial charge in [0, 0.05) is 12.3 Å². The third kappa shape index (κ3) is 3.95. The average Bonchev–Trinajstić information content (AvgIpc) is 2.96. The Bertz CT molecular complexity index is 915. The van der Waals surface area contributed by atoms with Gasteiger partial charge in [-0.1, -0.05) is 22.8 Å². The lowest BCUT2D eigenvalue weighted by Crippen LogP contribution is -2.15. The highest BCUT2D eigenvalue weighted by atomic mass is 35.5. The van der Waals surface area contributed by atoms with Gasteiger partial charge in [0.15, 0.2) is 5.82 Å². The summed E-state index contributed by atoms with van der Waals surface area (Å²) >= 11 is 6.28. The molecule has 2 aromatic heterocycles. The number of carbonyl (C=O) groups excluding carboxylic acids is 1. The van der Waals surface area contributed by atoms with Crippen molar-refractivity contribution in [3.63, 3.8) is 0 Å². The predicted octanol–water partition coefficient (Wildman–Crippen LogP) is 4.04. The molecule has 3 aromatic rings. The lowest BCUT2D eigenvalue weighted by molar-refractivity contribution is 0.102. The predicted molar refractivity (Wildman–Crippen MR) is 95.4 cm³/mol. The molecular weight excluding hydrogens is 342 g/mol. The summed E-state index contributed by atoms with van der Waals surface area (Å²) in [5.74, 6) is 0.793. The molecule has 0 aliphatic heterocycles. The van der Waals surface area contributed by atoms with Crippen molar-refractivity contribution in [3.05, 3.63) is 58.1 Å². The van der Waals surface area contributed by atoms with Crippen LogP contribution in [0.2, 0.25) is 5.02 Å². The first-order chi connectivity index (χ1) is 11.9. The largest absolute Gasteiger partial charge is 0.360 e. The molecule has 1 aromatic carbocycles. The van der Waals surface area contributed by atoms with Crippen molar-refractivity contribution in [3.8, 4) is 0 Å². The second-order valence-electron chi connectivity index (χ2n) is 5.61. The standard InChI is InChI=1S/C17H16ClN5O2/c1-9-6-10(2)15(12(18)7-9)22-17-19-5-4-13(20-17)16(24)21-14-8-11(3)25-23-14/h4-8H,1-3H3,(H,19,20,22)(H,21,23,24). The fourth-order valence-corrected chi connectivity index (χ4v) is 2.71. The molecule has 25 heavy (non-hydrogen) atoms. The highest BCUT2D eigenvalue weighted by molar-refractivity contribution is 6.33. The van der Waals surface area contributed by atoms with Crippen LogP contribution >= 0.6 is 11.6 Å². The summed E-state index contributed by atoms with van der Waals surface area (Å²) in [7, 11) is 0. The van der Waals surface area contributed by atoms with Crippen molar-refractivity contribution < 1.29 is 9.32 Å². The minimum absolute atomic E-state index is 0.194. The molecule has 0 atom stereocenters. The number of hydrogen-bond donors (Lipinski definition) is 2. The Kier molecular flexibility index (Phi) is 4.67. The van der Waals surface area contributed by atoms with Crippen molar-refractivity contribution in [2.24, 2.45) is 0 Å². The number of benzene rings is 1. The van der Waals surface area contributed by atoms with E-state index in [1.807, 2.05) is 26.0 Å². The maximum atomic E-state index is 12.3. The molecule has 0 saturated carbocycles. The molecule has 0 aliphatic carbocycles. The van der Waals surface area contributed by atoms with Crippen molar-refractivity contribution >= 4 is 35.0 Å². The number of carbonyl (C=O) groups is 1. The lowest BCUT2D eigenvalue weighted by Gasteiger charge is -2.11. The van der Waals surface area contributed by atoms with E-state index in [-0.39, 0.29) is 11.6 Å². The lowest BCUT2D eigenvalue weighted by atomic mass is 10.1. The third-order valence-corrected chi connectivity index (χ3v) is 3.72. The van der Waals surface area contributed by atoms with Gasteiger partial charge in [0.25, 0.3) is 5.91 Å². The molecule has 0 radical (unpaired) electrons. The van der Waals surface area contributed by atoms with E-state index in [1.165, 1.54) is 12.3 Å². The zero-order valence-electron chi connectivity index (χ0n) is 13.9. The Hall–Kier alpha value is -2.93. The highest BCUT2D eigenvalue weighted by Crippen LogP contribution is 2.29. The first kappa shape index (κ1) is 16.9. The van der Waals surface area contributed by atoms with Gasteiger partial charge in [0.1, 0.15) is 11.5 Å². The smallest absolute Gasteiger partial charge is 0.275 e. The number of rotatable bonds is 4. The number of anilines is 3. The van der Waals surface area contributed by atoms with E-state index in [2.05, 4.69) is 25.8 Å². The second-order valence-corrected chi connectivity index (χ2v) is 6.01. The molecule has 3 rings (SSSR count). The molecule has 2 N–H and O–H groups in total. The fourth-order valence-electron chi connectivity index (χ4n) is 2.34. The topological polar surface area (TPSA) is 92.9 Å². The molecule has 1 amide bonds. The molecule has 8 heteroatoms. The first-order valence-corrected chi connectivity index (χ1v) is 7.91. The first-order valence-electron chi connectivity index (χ1n) is 7.54. The quantitative estimate of drug-likeness (QED) is 0.732. The van der Waals surface area contributed by atoms with Gasteiger partial charge >= 0.3 is 0 Å². The minimum Gasteiger partial charge on any atom is -0.360 e. The number of nitrogens with one attached hydrogen (secondary N) is 2. The molecule has 7 nitrogen and oxygen atoms in total. The number of hydrogen-bond acceptors (Lipinski definition) is 6. The fraction of sp³-hybridized carbons (Fsp3) is 0.176. The maximum Gasteiger partial charge on any atom is 0.275 e. The monoisotopic (exact) mass is 357 g/mol. The van der Waals surface area contributed by atoms with Gasteiger partial charge in [-0.3, -0.25) is 4.79 Å². The summed E-state index contributed by atoms with van der Waals surface area (Å²) in [5, 5.41) is 9.96. The van der Waals surface area contributed by atoms with Gasteiger partial charge < -0.3 is 15.2 Å². The van der Waals surface area contributed by atoms with Gasteiger partial charge in [0.05, 0.1) is 10.7 Å². The molecule has 0 unspecified atom stereocenters. The number of amides is 1. The third-order valence-electron chi connectivity index (χ3n) is 3.43. The van der Waals surface area contributed by atoms with Gasteiger partial charge in [-0.2, -0.15) is 0 Å². The molecule has 2 heterocycles. The summed E-state index contributed by atoms with van der Waals surface area (Å²) in [6, 6.07) is 6.97. The van der Waals surface area contributed by atoms with E-state index in [1.54, 1.807) is 13.0 Å². The van der Waals surface area contributed by atoms with Crippen LogP contribution in [0.5, 0.6) is 0 Å². The highest BCUT2D eigenvalue weighted by Gasteiger charge is 2.13. The van der Waals surface area contributed by atoms with Crippen molar-refractivity contribution in [1.29, 1.82) is 0 Å². The Balaban J connectivity index is 1.81. The molecule has 128 valence electrons. The van der Waals surface area contributed by atoms with E-state index in [9.17, 15) is 4.79 Å². The molecule has 0 bridgehead atoms. The van der Waals surface area contributed by atoms with Crippen molar-refractivity contribution in [1.82, 2.24) is 15.1 Å². The summed E-state index contributed by atoms with van der Waals surface area (Å²) in [6.07, 6.45) is 1.50. The van der Waals surface area contributed by atoms with Gasteiger partial charge in [0.2, 0.25) is 5.95 Å². The normalized spacial score (nSPS) is 10.6. The van der Waals surface area contributed by atoms with Crippen LogP contribution < -0.4 is 10.6 Å². The second kappa shape index (κ2) is 6.90. The Morgan fingerprint density at radius 2 is 2.00 bits per heavy atom. The SMILES string of the molecule is Cc1cc(C)c(Nc2nccc(C(=O)Nc3cc(C)on3)n2)c(Cl)c1. The molecule has 0 aliphatic rings. The number of aryl methyl sites for hydroxylation is 3. The summed E-state index contributed by atoms with van der Waals surface area (Å²) in [4.78, 5) is 20.6. The van der Waals surface area contributed by atoms with Gasteiger partial charge in [-0.25, -0.2) is 9.97 Å². The molecule has 0 spiro atoms. The van der Waals surface area contributed by atoms with E-state index >= 15 is 0 Å². The Morgan fingerprint density at radius 1 is 1.20 bits per heavy atom. The average molecular weight is 358 g/mol. The minimum atomic E-state index is -0.412. The zero-order valence-corrected chi connectivity index (χ0v) is 14.7. The van der Waals surface area contributed by atoms with E-state index in [0.717, 1.165) is 11.1 Å². The molecular formula is C17H16ClN5O2. The summed E-state index contributed by atoms with van der Waals surface area (Å²) in [6.45, 7) is 5.64. The van der Waals surface area contributed by atoms with Crippen LogP contribution in [0.25, 0.3) is 0 Å². The van der Waals surface area contributed by atoms with Crippen LogP contribution in [0.3, 0.4) is 0 Å². The number of nitrogens with zero attached hydrogens (tertiary/aromatic N) is 3. The number of aromatic nitrogens is 3. The van der Waals surface area contributed by atoms with Crippen LogP contribution in [0.15, 0.2) is 35.0 Å². The van der Waals surface area contributed by atoms with Gasteiger partial charge in [-0.15, -0.1) is 0 Å². The van der Waals surface area contributed by atoms with Crippen LogP contribution in [0.1, 0.15) is 27.4 Å². The van der Waals surface area contributed by atoms with E-state index in [0.29, 0.717) is 22.3 Å². The summed E-state index contributed by atoms with van der Waals surface area (Å²) in [5.41, 5.74) is 2.92. The Labute approximate surface area is 149 Å². The van der Waals surface area contributed by atoms with E-state index in [4.69, 9.17) is 16.1 Å². The van der Waals surface area contributed by atoms with Crippen LogP contribution in [0.4, 0.5) is 17.5 Å². The molecule has 0 fully saturated rings. The van der Waals surface area contributed by atoms with E-state index < -0.39 is 5.91 Å². The number of halogens is 1. The Morgan fingerprint density at radius 3 is 2.68 bits per heavy atom. The zero-order chi connectivity index (χ0) is 18.0. The van der Waals surface area contributed by atoms with Crippen molar-refractivity contribution in [2.45, 2.75) is 20.8 Å². The van der Waals surface area contributed by atoms with Crippen LogP contribution in [-0.4, -0.2) is 21.0 Å². The molecule has 0 saturated heterocycles. The van der Waals surface area contributed by atoms with Gasteiger partial charge in [-0.05, 0) is 44.0 Å². The van der Waals surface area contributed by atoms with Crippen LogP contribution in [0, 0.1) is 20.8 Å². The van der Waals surface area contributed by atoms with Crippen molar-refractivity contribution in [2.75, 3.05) is 10.6 Å². The summed E-state index contributed by atoms with van der Waals surface area (Å²) < 4.78 is 4.92. The maximum absolute atomic E-state index is 12.3. The van der Waals surface area contributed by atoms with Crippen LogP contribution in [-0.2, 0) is 0 Å².